The largest absolute Gasteiger partial charge is 0.483 e. The van der Waals surface area contributed by atoms with Crippen LogP contribution in [0.3, 0.4) is 0 Å². The Bertz CT molecular complexity index is 1420. The molecule has 3 aromatic rings. The third kappa shape index (κ3) is 7.38. The molecule has 12 heteroatoms. The fraction of sp³-hybridized carbons (Fsp3) is 0.321. The van der Waals surface area contributed by atoms with Crippen LogP contribution in [-0.4, -0.2) is 47.9 Å². The van der Waals surface area contributed by atoms with Gasteiger partial charge in [0.1, 0.15) is 5.75 Å². The maximum atomic E-state index is 13.6. The molecule has 0 saturated carbocycles. The molecule has 0 unspecified atom stereocenters. The number of fused-ring (bicyclic) bond motifs is 1. The molecule has 0 atom stereocenters. The highest BCUT2D eigenvalue weighted by atomic mass is 19.4. The molecule has 1 amide bonds. The number of nitrogens with one attached hydrogen (secondary N) is 1. The van der Waals surface area contributed by atoms with Crippen LogP contribution in [0.25, 0.3) is 11.1 Å². The minimum absolute atomic E-state index is 0.151. The molecule has 6 nitrogen and oxygen atoms in total. The van der Waals surface area contributed by atoms with E-state index in [-0.39, 0.29) is 23.5 Å². The maximum Gasteiger partial charge on any atom is 0.422 e. The molecule has 1 aliphatic rings. The Morgan fingerprint density at radius 2 is 1.73 bits per heavy atom. The van der Waals surface area contributed by atoms with Gasteiger partial charge in [0.05, 0.1) is 34.8 Å². The predicted octanol–water partition coefficient (Wildman–Crippen LogP) is 7.01. The first-order chi connectivity index (χ1) is 18.8. The van der Waals surface area contributed by atoms with Crippen LogP contribution >= 0.6 is 0 Å². The van der Waals surface area contributed by atoms with Crippen LogP contribution in [0.5, 0.6) is 5.75 Å². The molecular formula is C28H26F6N4O2. The van der Waals surface area contributed by atoms with Crippen LogP contribution in [0, 0.1) is 0 Å². The molecule has 1 aromatic heterocycles. The Hall–Kier alpha value is -3.93. The van der Waals surface area contributed by atoms with Crippen LogP contribution in [0.4, 0.5) is 37.7 Å². The molecule has 1 N–H and O–H groups in total. The number of aromatic nitrogens is 1. The average molecular weight is 565 g/mol. The van der Waals surface area contributed by atoms with Crippen LogP contribution in [0.15, 0.2) is 59.7 Å². The van der Waals surface area contributed by atoms with E-state index >= 15 is 0 Å². The maximum absolute atomic E-state index is 13.6. The van der Waals surface area contributed by atoms with Gasteiger partial charge in [-0.2, -0.15) is 26.3 Å². The number of amides is 1. The summed E-state index contributed by atoms with van der Waals surface area (Å²) in [5.74, 6) is -1.65. The van der Waals surface area contributed by atoms with Gasteiger partial charge < -0.3 is 15.0 Å². The lowest BCUT2D eigenvalue weighted by Gasteiger charge is -2.17. The molecule has 1 aliphatic heterocycles. The van der Waals surface area contributed by atoms with Gasteiger partial charge in [0, 0.05) is 18.8 Å². The van der Waals surface area contributed by atoms with Gasteiger partial charge in [-0.25, -0.2) is 4.99 Å². The van der Waals surface area contributed by atoms with Crippen molar-refractivity contribution in [1.82, 2.24) is 9.88 Å². The number of benzene rings is 2. The zero-order valence-corrected chi connectivity index (χ0v) is 21.7. The first-order valence-corrected chi connectivity index (χ1v) is 12.4. The van der Waals surface area contributed by atoms with Crippen molar-refractivity contribution in [2.45, 2.75) is 38.7 Å². The highest BCUT2D eigenvalue weighted by molar-refractivity contribution is 6.17. The number of hydrogen-bond acceptors (Lipinski definition) is 5. The molecule has 0 aliphatic carbocycles. The Morgan fingerprint density at radius 3 is 2.42 bits per heavy atom. The van der Waals surface area contributed by atoms with Crippen LogP contribution in [-0.2, 0) is 17.5 Å². The topological polar surface area (TPSA) is 66.8 Å². The molecule has 0 bridgehead atoms. The summed E-state index contributed by atoms with van der Waals surface area (Å²) in [6.07, 6.45) is -7.43. The second-order valence-corrected chi connectivity index (χ2v) is 9.41. The van der Waals surface area contributed by atoms with Crippen LogP contribution in [0.1, 0.15) is 36.6 Å². The molecular weight excluding hydrogens is 538 g/mol. The van der Waals surface area contributed by atoms with Crippen molar-refractivity contribution >= 4 is 23.0 Å². The van der Waals surface area contributed by atoms with Gasteiger partial charge in [0.25, 0.3) is 0 Å². The van der Waals surface area contributed by atoms with Crippen LogP contribution in [0.2, 0.25) is 0 Å². The van der Waals surface area contributed by atoms with Crippen molar-refractivity contribution in [2.75, 3.05) is 25.5 Å². The summed E-state index contributed by atoms with van der Waals surface area (Å²) in [7, 11) is 2.00. The van der Waals surface area contributed by atoms with Gasteiger partial charge in [-0.3, -0.25) is 9.78 Å². The Morgan fingerprint density at radius 1 is 1.00 bits per heavy atom. The van der Waals surface area contributed by atoms with Gasteiger partial charge in [-0.1, -0.05) is 25.1 Å². The predicted molar refractivity (Wildman–Crippen MR) is 139 cm³/mol. The van der Waals surface area contributed by atoms with E-state index in [2.05, 4.69) is 31.9 Å². The standard InChI is InChI=1S/C28H26F6N4O2/c1-3-9-38(2)15-20-11-18(7-8-35-20)17-5-4-6-19(10-17)22-14-26(39)37-23-12-21(28(32,33)34)25(13-24(23)36-22)40-16-27(29,30)31/h4-8,10-13H,3,9,14-16H2,1-2H3,(H,37,39). The van der Waals surface area contributed by atoms with E-state index in [1.807, 2.05) is 25.2 Å². The molecule has 0 saturated heterocycles. The summed E-state index contributed by atoms with van der Waals surface area (Å²) in [6, 6.07) is 12.2. The number of pyridine rings is 1. The normalized spacial score (nSPS) is 13.9. The Labute approximate surface area is 226 Å². The lowest BCUT2D eigenvalue weighted by molar-refractivity contribution is -0.158. The monoisotopic (exact) mass is 564 g/mol. The van der Waals surface area contributed by atoms with Gasteiger partial charge in [0.2, 0.25) is 5.91 Å². The van der Waals surface area contributed by atoms with Gasteiger partial charge in [-0.05, 0) is 61.0 Å². The van der Waals surface area contributed by atoms with E-state index < -0.39 is 36.2 Å². The molecule has 212 valence electrons. The van der Waals surface area contributed by atoms with E-state index in [4.69, 9.17) is 0 Å². The molecule has 0 spiro atoms. The Balaban J connectivity index is 1.72. The number of halogens is 6. The number of alkyl halides is 6. The van der Waals surface area contributed by atoms with Crippen molar-refractivity contribution < 1.29 is 35.9 Å². The van der Waals surface area contributed by atoms with Crippen molar-refractivity contribution in [3.63, 3.8) is 0 Å². The number of carbonyl (C=O) groups is 1. The molecule has 0 radical (unpaired) electrons. The van der Waals surface area contributed by atoms with Gasteiger partial charge in [0.15, 0.2) is 6.61 Å². The number of hydrogen-bond donors (Lipinski definition) is 1. The third-order valence-corrected chi connectivity index (χ3v) is 6.04. The number of nitrogens with zero attached hydrogens (tertiary/aromatic N) is 3. The zero-order valence-electron chi connectivity index (χ0n) is 21.7. The zero-order chi connectivity index (χ0) is 29.1. The van der Waals surface area contributed by atoms with E-state index in [0.29, 0.717) is 18.2 Å². The quantitative estimate of drug-likeness (QED) is 0.299. The lowest BCUT2D eigenvalue weighted by atomic mass is 9.99. The molecule has 4 rings (SSSR count). The fourth-order valence-corrected chi connectivity index (χ4v) is 4.32. The highest BCUT2D eigenvalue weighted by Gasteiger charge is 2.38. The second kappa shape index (κ2) is 11.7. The van der Waals surface area contributed by atoms with Crippen molar-refractivity contribution in [1.29, 1.82) is 0 Å². The van der Waals surface area contributed by atoms with E-state index in [9.17, 15) is 31.1 Å². The Kier molecular flexibility index (Phi) is 8.48. The number of rotatable bonds is 8. The van der Waals surface area contributed by atoms with E-state index in [1.165, 1.54) is 0 Å². The first kappa shape index (κ1) is 29.1. The second-order valence-electron chi connectivity index (χ2n) is 9.41. The third-order valence-electron chi connectivity index (χ3n) is 6.04. The van der Waals surface area contributed by atoms with E-state index in [1.54, 1.807) is 24.4 Å². The van der Waals surface area contributed by atoms with Crippen LogP contribution < -0.4 is 10.1 Å². The minimum Gasteiger partial charge on any atom is -0.483 e. The number of ether oxygens (including phenoxy) is 1. The molecule has 2 aromatic carbocycles. The number of anilines is 1. The van der Waals surface area contributed by atoms with E-state index in [0.717, 1.165) is 35.9 Å². The highest BCUT2D eigenvalue weighted by Crippen LogP contribution is 2.43. The summed E-state index contributed by atoms with van der Waals surface area (Å²) >= 11 is 0. The SMILES string of the molecule is CCCN(C)Cc1cc(-c2cccc(C3=Nc4cc(OCC(F)(F)F)c(C(F)(F)F)cc4NC(=O)C3)c2)ccn1. The molecule has 2 heterocycles. The van der Waals surface area contributed by atoms with Crippen molar-refractivity contribution in [3.8, 4) is 16.9 Å². The number of carbonyl (C=O) groups excluding carboxylic acids is 1. The number of aliphatic imine (C=N–C) groups is 1. The summed E-state index contributed by atoms with van der Waals surface area (Å²) in [4.78, 5) is 23.6. The first-order valence-electron chi connectivity index (χ1n) is 12.4. The molecule has 40 heavy (non-hydrogen) atoms. The van der Waals surface area contributed by atoms with Gasteiger partial charge >= 0.3 is 12.4 Å². The average Bonchev–Trinajstić information content (AvgIpc) is 3.04. The van der Waals surface area contributed by atoms with Crippen molar-refractivity contribution in [3.05, 3.63) is 71.5 Å². The molecule has 0 fully saturated rings. The summed E-state index contributed by atoms with van der Waals surface area (Å²) in [6.45, 7) is 1.75. The summed E-state index contributed by atoms with van der Waals surface area (Å²) < 4.78 is 83.4. The lowest BCUT2D eigenvalue weighted by Crippen LogP contribution is -2.21. The summed E-state index contributed by atoms with van der Waals surface area (Å²) in [5, 5.41) is 2.37. The minimum atomic E-state index is -5.03. The summed E-state index contributed by atoms with van der Waals surface area (Å²) in [5.41, 5.74) is 1.41. The fourth-order valence-electron chi connectivity index (χ4n) is 4.32. The van der Waals surface area contributed by atoms with Gasteiger partial charge in [-0.15, -0.1) is 0 Å². The van der Waals surface area contributed by atoms with Crippen molar-refractivity contribution in [2.24, 2.45) is 4.99 Å². The smallest absolute Gasteiger partial charge is 0.422 e.